The Morgan fingerprint density at radius 1 is 1.16 bits per heavy atom. The maximum absolute atomic E-state index is 6.45. The van der Waals surface area contributed by atoms with Crippen molar-refractivity contribution in [2.75, 3.05) is 0 Å². The van der Waals surface area contributed by atoms with Crippen molar-refractivity contribution in [2.45, 2.75) is 19.4 Å². The fourth-order valence-corrected chi connectivity index (χ4v) is 2.20. The van der Waals surface area contributed by atoms with Crippen molar-refractivity contribution in [2.24, 2.45) is 5.73 Å². The van der Waals surface area contributed by atoms with Gasteiger partial charge in [-0.15, -0.1) is 0 Å². The number of nitrogens with one attached hydrogen (secondary N) is 1. The van der Waals surface area contributed by atoms with Gasteiger partial charge in [0.05, 0.1) is 11.1 Å². The first kappa shape index (κ1) is 11.9. The highest BCUT2D eigenvalue weighted by Crippen LogP contribution is 2.26. The topological polar surface area (TPSA) is 67.6 Å². The summed E-state index contributed by atoms with van der Waals surface area (Å²) in [6.07, 6.45) is 1.76. The van der Waals surface area contributed by atoms with Gasteiger partial charge in [-0.2, -0.15) is 0 Å². The van der Waals surface area contributed by atoms with E-state index in [-0.39, 0.29) is 0 Å². The molecule has 0 spiro atoms. The van der Waals surface area contributed by atoms with Gasteiger partial charge in [0, 0.05) is 6.20 Å². The molecule has 1 aromatic carbocycles. The van der Waals surface area contributed by atoms with Gasteiger partial charge in [0.15, 0.2) is 5.65 Å². The molecule has 3 N–H and O–H groups in total. The normalized spacial score (nSPS) is 14.5. The lowest BCUT2D eigenvalue weighted by molar-refractivity contribution is 0.567. The molecule has 96 valence electrons. The summed E-state index contributed by atoms with van der Waals surface area (Å²) in [5.74, 6) is 0.732. The molecular weight excluding hydrogens is 236 g/mol. The molecule has 19 heavy (non-hydrogen) atoms. The lowest BCUT2D eigenvalue weighted by atomic mass is 9.92. The van der Waals surface area contributed by atoms with Crippen LogP contribution >= 0.6 is 0 Å². The van der Waals surface area contributed by atoms with Gasteiger partial charge < -0.3 is 10.7 Å². The standard InChI is InChI=1S/C15H16N4/c1-10-8-9-17-13-12(10)18-14(19-13)15(2,16)11-6-4-3-5-7-11/h3-9H,16H2,1-2H3,(H,17,18,19). The number of nitrogens with two attached hydrogens (primary N) is 1. The maximum Gasteiger partial charge on any atom is 0.178 e. The first-order chi connectivity index (χ1) is 9.09. The Balaban J connectivity index is 2.16. The average molecular weight is 252 g/mol. The van der Waals surface area contributed by atoms with Crippen molar-refractivity contribution in [3.05, 3.63) is 59.5 Å². The Morgan fingerprint density at radius 3 is 2.58 bits per heavy atom. The van der Waals surface area contributed by atoms with Crippen molar-refractivity contribution in [3.63, 3.8) is 0 Å². The molecule has 4 heteroatoms. The van der Waals surface area contributed by atoms with Crippen LogP contribution in [0, 0.1) is 6.92 Å². The summed E-state index contributed by atoms with van der Waals surface area (Å²) < 4.78 is 0. The van der Waals surface area contributed by atoms with Crippen LogP contribution in [-0.2, 0) is 5.54 Å². The van der Waals surface area contributed by atoms with Gasteiger partial charge in [-0.25, -0.2) is 9.97 Å². The fourth-order valence-electron chi connectivity index (χ4n) is 2.20. The number of aromatic nitrogens is 3. The van der Waals surface area contributed by atoms with Crippen molar-refractivity contribution in [1.29, 1.82) is 0 Å². The highest BCUT2D eigenvalue weighted by molar-refractivity contribution is 5.74. The summed E-state index contributed by atoms with van der Waals surface area (Å²) in [5, 5.41) is 0. The zero-order chi connectivity index (χ0) is 13.5. The van der Waals surface area contributed by atoms with Crippen LogP contribution in [0.3, 0.4) is 0 Å². The highest BCUT2D eigenvalue weighted by Gasteiger charge is 2.27. The van der Waals surface area contributed by atoms with Crippen molar-refractivity contribution in [3.8, 4) is 0 Å². The molecule has 4 nitrogen and oxygen atoms in total. The van der Waals surface area contributed by atoms with Gasteiger partial charge in [-0.3, -0.25) is 0 Å². The second kappa shape index (κ2) is 4.17. The fraction of sp³-hybridized carbons (Fsp3) is 0.200. The molecule has 0 aliphatic rings. The van der Waals surface area contributed by atoms with Crippen LogP contribution in [-0.4, -0.2) is 15.0 Å². The van der Waals surface area contributed by atoms with Crippen molar-refractivity contribution < 1.29 is 0 Å². The van der Waals surface area contributed by atoms with E-state index >= 15 is 0 Å². The van der Waals surface area contributed by atoms with E-state index in [4.69, 9.17) is 5.73 Å². The molecule has 3 rings (SSSR count). The van der Waals surface area contributed by atoms with Crippen LogP contribution in [0.2, 0.25) is 0 Å². The number of hydrogen-bond donors (Lipinski definition) is 2. The average Bonchev–Trinajstić information content (AvgIpc) is 2.86. The molecule has 0 amide bonds. The number of nitrogens with zero attached hydrogens (tertiary/aromatic N) is 2. The van der Waals surface area contributed by atoms with Crippen molar-refractivity contribution >= 4 is 11.2 Å². The number of rotatable bonds is 2. The SMILES string of the molecule is Cc1ccnc2nc(C(C)(N)c3ccccc3)[nH]c12. The van der Waals surface area contributed by atoms with Crippen LogP contribution in [0.25, 0.3) is 11.2 Å². The van der Waals surface area contributed by atoms with Gasteiger partial charge in [0.25, 0.3) is 0 Å². The highest BCUT2D eigenvalue weighted by atomic mass is 15.0. The number of aromatic amines is 1. The van der Waals surface area contributed by atoms with E-state index in [1.165, 1.54) is 0 Å². The number of H-pyrrole nitrogens is 1. The van der Waals surface area contributed by atoms with E-state index in [1.807, 2.05) is 50.2 Å². The minimum Gasteiger partial charge on any atom is -0.339 e. The van der Waals surface area contributed by atoms with Gasteiger partial charge in [-0.05, 0) is 31.0 Å². The zero-order valence-corrected chi connectivity index (χ0v) is 11.0. The lowest BCUT2D eigenvalue weighted by Gasteiger charge is -2.22. The predicted octanol–water partition coefficient (Wildman–Crippen LogP) is 2.49. The predicted molar refractivity (Wildman–Crippen MR) is 75.7 cm³/mol. The number of fused-ring (bicyclic) bond motifs is 1. The maximum atomic E-state index is 6.45. The minimum atomic E-state index is -0.658. The number of aryl methyl sites for hydroxylation is 1. The van der Waals surface area contributed by atoms with Crippen LogP contribution in [0.4, 0.5) is 0 Å². The third-order valence-corrected chi connectivity index (χ3v) is 3.47. The van der Waals surface area contributed by atoms with Crippen molar-refractivity contribution in [1.82, 2.24) is 15.0 Å². The molecule has 0 aliphatic heterocycles. The summed E-state index contributed by atoms with van der Waals surface area (Å²) in [7, 11) is 0. The molecule has 0 saturated heterocycles. The molecule has 2 aromatic heterocycles. The summed E-state index contributed by atoms with van der Waals surface area (Å²) in [6, 6.07) is 11.9. The number of imidazole rings is 1. The monoisotopic (exact) mass is 252 g/mol. The van der Waals surface area contributed by atoms with Gasteiger partial charge in [-0.1, -0.05) is 30.3 Å². The molecule has 1 atom stereocenters. The van der Waals surface area contributed by atoms with Crippen LogP contribution in [0.5, 0.6) is 0 Å². The second-order valence-electron chi connectivity index (χ2n) is 4.98. The number of benzene rings is 1. The third-order valence-electron chi connectivity index (χ3n) is 3.47. The molecule has 0 saturated carbocycles. The first-order valence-corrected chi connectivity index (χ1v) is 6.25. The number of hydrogen-bond acceptors (Lipinski definition) is 3. The molecule has 0 bridgehead atoms. The second-order valence-corrected chi connectivity index (χ2v) is 4.98. The van der Waals surface area contributed by atoms with E-state index in [0.717, 1.165) is 22.5 Å². The molecule has 1 unspecified atom stereocenters. The van der Waals surface area contributed by atoms with E-state index in [2.05, 4.69) is 15.0 Å². The summed E-state index contributed by atoms with van der Waals surface area (Å²) in [4.78, 5) is 12.1. The zero-order valence-electron chi connectivity index (χ0n) is 11.0. The molecule has 2 heterocycles. The number of pyridine rings is 1. The minimum absolute atomic E-state index is 0.658. The van der Waals surface area contributed by atoms with E-state index in [0.29, 0.717) is 5.65 Å². The Hall–Kier alpha value is -2.20. The van der Waals surface area contributed by atoms with Crippen LogP contribution in [0.1, 0.15) is 23.9 Å². The summed E-state index contributed by atoms with van der Waals surface area (Å²) in [6.45, 7) is 3.98. The summed E-state index contributed by atoms with van der Waals surface area (Å²) in [5.41, 5.74) is 9.59. The Labute approximate surface area is 111 Å². The van der Waals surface area contributed by atoms with Gasteiger partial charge in [0.2, 0.25) is 0 Å². The molecule has 0 aliphatic carbocycles. The third kappa shape index (κ3) is 1.90. The van der Waals surface area contributed by atoms with E-state index in [9.17, 15) is 0 Å². The summed E-state index contributed by atoms with van der Waals surface area (Å²) >= 11 is 0. The van der Waals surface area contributed by atoms with Crippen LogP contribution in [0.15, 0.2) is 42.6 Å². The molecule has 0 radical (unpaired) electrons. The molecule has 0 fully saturated rings. The molecule has 3 aromatic rings. The van der Waals surface area contributed by atoms with Gasteiger partial charge in [0.1, 0.15) is 5.82 Å². The largest absolute Gasteiger partial charge is 0.339 e. The Kier molecular flexibility index (Phi) is 2.61. The van der Waals surface area contributed by atoms with Gasteiger partial charge >= 0.3 is 0 Å². The Morgan fingerprint density at radius 2 is 1.89 bits per heavy atom. The van der Waals surface area contributed by atoms with Crippen LogP contribution < -0.4 is 5.73 Å². The van der Waals surface area contributed by atoms with E-state index < -0.39 is 5.54 Å². The Bertz CT molecular complexity index is 713. The smallest absolute Gasteiger partial charge is 0.178 e. The van der Waals surface area contributed by atoms with E-state index in [1.54, 1.807) is 6.20 Å². The molecular formula is C15H16N4. The quantitative estimate of drug-likeness (QED) is 0.736. The lowest BCUT2D eigenvalue weighted by Crippen LogP contribution is -2.35. The first-order valence-electron chi connectivity index (χ1n) is 6.25.